The van der Waals surface area contributed by atoms with Crippen LogP contribution in [-0.4, -0.2) is 16.8 Å². The lowest BCUT2D eigenvalue weighted by atomic mass is 10.1. The first-order chi connectivity index (χ1) is 12.2. The topological polar surface area (TPSA) is 49.4 Å². The van der Waals surface area contributed by atoms with Gasteiger partial charge in [-0.2, -0.15) is 0 Å². The van der Waals surface area contributed by atoms with E-state index in [0.29, 0.717) is 6.42 Å². The molecule has 2 aromatic carbocycles. The number of aryl methyl sites for hydroxylation is 1. The second-order valence-corrected chi connectivity index (χ2v) is 6.52. The summed E-state index contributed by atoms with van der Waals surface area (Å²) in [5, 5.41) is 1.47. The van der Waals surface area contributed by atoms with Crippen molar-refractivity contribution in [3.05, 3.63) is 81.2 Å². The van der Waals surface area contributed by atoms with Crippen molar-refractivity contribution in [1.29, 1.82) is 0 Å². The van der Waals surface area contributed by atoms with Crippen LogP contribution in [0.3, 0.4) is 0 Å². The molecule has 26 heavy (non-hydrogen) atoms. The van der Waals surface area contributed by atoms with E-state index in [1.54, 1.807) is 6.07 Å². The van der Waals surface area contributed by atoms with Crippen LogP contribution in [0.25, 0.3) is 0 Å². The van der Waals surface area contributed by atoms with Gasteiger partial charge in [-0.1, -0.05) is 42.8 Å². The molecule has 0 bridgehead atoms. The van der Waals surface area contributed by atoms with E-state index in [9.17, 15) is 14.0 Å². The summed E-state index contributed by atoms with van der Waals surface area (Å²) in [5.74, 6) is -2.03. The summed E-state index contributed by atoms with van der Waals surface area (Å²) < 4.78 is 14.1. The first-order valence-corrected chi connectivity index (χ1v) is 8.54. The van der Waals surface area contributed by atoms with Gasteiger partial charge in [0.25, 0.3) is 11.8 Å². The molecule has 2 rings (SSSR count). The van der Waals surface area contributed by atoms with Gasteiger partial charge in [0.15, 0.2) is 0 Å². The van der Waals surface area contributed by atoms with E-state index in [-0.39, 0.29) is 26.9 Å². The van der Waals surface area contributed by atoms with E-state index in [2.05, 4.69) is 12.0 Å². The van der Waals surface area contributed by atoms with Crippen molar-refractivity contribution in [2.45, 2.75) is 20.3 Å². The van der Waals surface area contributed by atoms with Gasteiger partial charge in [0.05, 0.1) is 5.56 Å². The Kier molecular flexibility index (Phi) is 6.40. The third kappa shape index (κ3) is 4.62. The molecule has 0 heterocycles. The standard InChI is InChI=1S/C19H17Cl2FN2O2/c1-4-12-5-6-16(17(22)7-12)18(25)23-24(11(2)3)19(26)13-8-14(20)10-15(21)9-13/h5-10H,2,4H2,1,3H3,(H,23,25). The van der Waals surface area contributed by atoms with Crippen LogP contribution in [-0.2, 0) is 6.42 Å². The summed E-state index contributed by atoms with van der Waals surface area (Å²) in [4.78, 5) is 25.1. The van der Waals surface area contributed by atoms with E-state index in [4.69, 9.17) is 23.2 Å². The molecule has 4 nitrogen and oxygen atoms in total. The van der Waals surface area contributed by atoms with Gasteiger partial charge in [-0.05, 0) is 49.2 Å². The predicted molar refractivity (Wildman–Crippen MR) is 101 cm³/mol. The average molecular weight is 395 g/mol. The summed E-state index contributed by atoms with van der Waals surface area (Å²) in [7, 11) is 0. The lowest BCUT2D eigenvalue weighted by Crippen LogP contribution is -2.45. The minimum atomic E-state index is -0.769. The molecule has 0 aliphatic heterocycles. The van der Waals surface area contributed by atoms with Crippen LogP contribution in [0.4, 0.5) is 4.39 Å². The van der Waals surface area contributed by atoms with Crippen molar-refractivity contribution in [3.63, 3.8) is 0 Å². The first kappa shape index (κ1) is 19.9. The van der Waals surface area contributed by atoms with E-state index >= 15 is 0 Å². The number of benzene rings is 2. The molecule has 2 amide bonds. The molecule has 7 heteroatoms. The summed E-state index contributed by atoms with van der Waals surface area (Å²) >= 11 is 11.8. The zero-order valence-electron chi connectivity index (χ0n) is 14.3. The summed E-state index contributed by atoms with van der Waals surface area (Å²) in [6.45, 7) is 7.08. The largest absolute Gasteiger partial charge is 0.276 e. The fourth-order valence-corrected chi connectivity index (χ4v) is 2.78. The Morgan fingerprint density at radius 3 is 2.27 bits per heavy atom. The quantitative estimate of drug-likeness (QED) is 0.740. The van der Waals surface area contributed by atoms with Crippen LogP contribution in [0.5, 0.6) is 0 Å². The number of nitrogens with one attached hydrogen (secondary N) is 1. The summed E-state index contributed by atoms with van der Waals surface area (Å²) in [6, 6.07) is 8.62. The van der Waals surface area contributed by atoms with Crippen molar-refractivity contribution in [2.24, 2.45) is 0 Å². The number of hydrazine groups is 1. The smallest absolute Gasteiger partial charge is 0.267 e. The first-order valence-electron chi connectivity index (χ1n) is 7.78. The maximum absolute atomic E-state index is 14.1. The van der Waals surface area contributed by atoms with Crippen molar-refractivity contribution >= 4 is 35.0 Å². The maximum Gasteiger partial charge on any atom is 0.276 e. The second-order valence-electron chi connectivity index (χ2n) is 5.64. The van der Waals surface area contributed by atoms with E-state index in [0.717, 1.165) is 10.6 Å². The third-order valence-corrected chi connectivity index (χ3v) is 4.03. The Morgan fingerprint density at radius 2 is 1.77 bits per heavy atom. The van der Waals surface area contributed by atoms with E-state index < -0.39 is 17.6 Å². The van der Waals surface area contributed by atoms with Gasteiger partial charge >= 0.3 is 0 Å². The number of nitrogens with zero attached hydrogens (tertiary/aromatic N) is 1. The van der Waals surface area contributed by atoms with Gasteiger partial charge in [0.2, 0.25) is 0 Å². The molecule has 0 saturated carbocycles. The summed E-state index contributed by atoms with van der Waals surface area (Å²) in [5.41, 5.74) is 3.36. The number of hydrogen-bond donors (Lipinski definition) is 1. The van der Waals surface area contributed by atoms with Crippen LogP contribution in [0.1, 0.15) is 40.1 Å². The van der Waals surface area contributed by atoms with Crippen LogP contribution in [0.2, 0.25) is 10.0 Å². The lowest BCUT2D eigenvalue weighted by Gasteiger charge is -2.23. The minimum absolute atomic E-state index is 0.160. The highest BCUT2D eigenvalue weighted by molar-refractivity contribution is 6.35. The minimum Gasteiger partial charge on any atom is -0.267 e. The molecule has 0 fully saturated rings. The Hall–Kier alpha value is -2.37. The molecule has 0 spiro atoms. The fourth-order valence-electron chi connectivity index (χ4n) is 2.25. The molecule has 0 aliphatic carbocycles. The Bertz CT molecular complexity index is 864. The van der Waals surface area contributed by atoms with Gasteiger partial charge in [-0.25, -0.2) is 9.40 Å². The van der Waals surface area contributed by atoms with E-state index in [1.807, 2.05) is 6.92 Å². The maximum atomic E-state index is 14.1. The highest BCUT2D eigenvalue weighted by Crippen LogP contribution is 2.21. The van der Waals surface area contributed by atoms with Gasteiger partial charge in [0.1, 0.15) is 5.82 Å². The van der Waals surface area contributed by atoms with Gasteiger partial charge < -0.3 is 0 Å². The Labute approximate surface area is 161 Å². The van der Waals surface area contributed by atoms with Crippen molar-refractivity contribution in [1.82, 2.24) is 10.4 Å². The molecule has 0 aliphatic rings. The zero-order chi connectivity index (χ0) is 19.4. The average Bonchev–Trinajstić information content (AvgIpc) is 2.57. The van der Waals surface area contributed by atoms with Crippen molar-refractivity contribution < 1.29 is 14.0 Å². The molecular weight excluding hydrogens is 378 g/mol. The molecular formula is C19H17Cl2FN2O2. The number of carbonyl (C=O) groups excluding carboxylic acids is 2. The van der Waals surface area contributed by atoms with Crippen LogP contribution in [0, 0.1) is 5.82 Å². The number of amides is 2. The third-order valence-electron chi connectivity index (χ3n) is 3.59. The van der Waals surface area contributed by atoms with Crippen molar-refractivity contribution in [3.8, 4) is 0 Å². The van der Waals surface area contributed by atoms with Crippen LogP contribution >= 0.6 is 23.2 Å². The number of allylic oxidation sites excluding steroid dienone is 1. The van der Waals surface area contributed by atoms with E-state index in [1.165, 1.54) is 37.3 Å². The SMILES string of the molecule is C=C(C)N(NC(=O)c1ccc(CC)cc1F)C(=O)c1cc(Cl)cc(Cl)c1. The van der Waals surface area contributed by atoms with Crippen LogP contribution < -0.4 is 5.43 Å². The number of rotatable bonds is 4. The highest BCUT2D eigenvalue weighted by Gasteiger charge is 2.22. The van der Waals surface area contributed by atoms with Crippen LogP contribution in [0.15, 0.2) is 48.7 Å². The molecule has 0 saturated heterocycles. The molecule has 0 unspecified atom stereocenters. The molecule has 0 radical (unpaired) electrons. The monoisotopic (exact) mass is 394 g/mol. The molecule has 0 aromatic heterocycles. The Morgan fingerprint density at radius 1 is 1.15 bits per heavy atom. The van der Waals surface area contributed by atoms with Gasteiger partial charge in [-0.3, -0.25) is 15.0 Å². The Balaban J connectivity index is 2.29. The van der Waals surface area contributed by atoms with Crippen molar-refractivity contribution in [2.75, 3.05) is 0 Å². The number of carbonyl (C=O) groups is 2. The lowest BCUT2D eigenvalue weighted by molar-refractivity contribution is 0.0649. The number of hydrogen-bond acceptors (Lipinski definition) is 2. The molecule has 0 atom stereocenters. The van der Waals surface area contributed by atoms with Gasteiger partial charge in [0, 0.05) is 21.3 Å². The molecule has 2 aromatic rings. The highest BCUT2D eigenvalue weighted by atomic mass is 35.5. The normalized spacial score (nSPS) is 10.3. The molecule has 1 N–H and O–H groups in total. The zero-order valence-corrected chi connectivity index (χ0v) is 15.8. The number of halogens is 3. The second kappa shape index (κ2) is 8.34. The van der Waals surface area contributed by atoms with Gasteiger partial charge in [-0.15, -0.1) is 0 Å². The fraction of sp³-hybridized carbons (Fsp3) is 0.158. The summed E-state index contributed by atoms with van der Waals surface area (Å²) in [6.07, 6.45) is 0.644. The predicted octanol–water partition coefficient (Wildman–Crippen LogP) is 5.02. The molecule has 136 valence electrons.